The largest absolute Gasteiger partial charge is 0.379 e. The number of hydrogen-bond donors (Lipinski definition) is 1. The number of anilines is 1. The molecule has 1 fully saturated rings. The molecule has 2 aromatic heterocycles. The summed E-state index contributed by atoms with van der Waals surface area (Å²) in [5.41, 5.74) is 1.67. The second-order valence-electron chi connectivity index (χ2n) is 11.9. The zero-order valence-electron chi connectivity index (χ0n) is 26.8. The summed E-state index contributed by atoms with van der Waals surface area (Å²) in [6.45, 7) is 2.03. The van der Waals surface area contributed by atoms with Gasteiger partial charge in [-0.2, -0.15) is 13.1 Å². The van der Waals surface area contributed by atoms with Crippen molar-refractivity contribution in [2.24, 2.45) is 0 Å². The van der Waals surface area contributed by atoms with Crippen molar-refractivity contribution in [3.05, 3.63) is 133 Å². The van der Waals surface area contributed by atoms with Crippen molar-refractivity contribution in [2.75, 3.05) is 31.1 Å². The van der Waals surface area contributed by atoms with Crippen LogP contribution in [0.1, 0.15) is 5.56 Å². The lowest BCUT2D eigenvalue weighted by molar-refractivity contribution is -0.133. The predicted octanol–water partition coefficient (Wildman–Crippen LogP) is 4.79. The molecule has 11 nitrogen and oxygen atoms in total. The van der Waals surface area contributed by atoms with Gasteiger partial charge in [-0.1, -0.05) is 54.6 Å². The third-order valence-corrected chi connectivity index (χ3v) is 11.6. The summed E-state index contributed by atoms with van der Waals surface area (Å²) >= 11 is 0. The van der Waals surface area contributed by atoms with E-state index in [-0.39, 0.29) is 27.9 Å². The number of para-hydroxylation sites is 1. The Kier molecular flexibility index (Phi) is 9.19. The first-order chi connectivity index (χ1) is 24.2. The van der Waals surface area contributed by atoms with Crippen molar-refractivity contribution in [1.82, 2.24) is 19.6 Å². The molecule has 50 heavy (non-hydrogen) atoms. The van der Waals surface area contributed by atoms with Crippen LogP contribution in [0.15, 0.2) is 138 Å². The number of benzene rings is 4. The van der Waals surface area contributed by atoms with Crippen LogP contribution < -0.4 is 13.8 Å². The summed E-state index contributed by atoms with van der Waals surface area (Å²) in [5.74, 6) is -0.277. The van der Waals surface area contributed by atoms with Crippen LogP contribution in [-0.4, -0.2) is 69.8 Å². The lowest BCUT2D eigenvalue weighted by Crippen LogP contribution is -2.55. The zero-order valence-corrected chi connectivity index (χ0v) is 28.4. The molecule has 0 radical (unpaired) electrons. The van der Waals surface area contributed by atoms with E-state index in [1.54, 1.807) is 65.8 Å². The van der Waals surface area contributed by atoms with Crippen molar-refractivity contribution in [3.8, 4) is 5.75 Å². The molecule has 1 N–H and O–H groups in total. The van der Waals surface area contributed by atoms with E-state index in [4.69, 9.17) is 4.18 Å². The summed E-state index contributed by atoms with van der Waals surface area (Å²) in [5, 5.41) is 2.29. The van der Waals surface area contributed by atoms with Gasteiger partial charge < -0.3 is 14.0 Å². The predicted molar refractivity (Wildman–Crippen MR) is 191 cm³/mol. The molecule has 13 heteroatoms. The number of aromatic nitrogens is 2. The molecule has 254 valence electrons. The van der Waals surface area contributed by atoms with Crippen LogP contribution in [0.4, 0.5) is 5.69 Å². The van der Waals surface area contributed by atoms with E-state index in [1.165, 1.54) is 36.7 Å². The second-order valence-corrected chi connectivity index (χ2v) is 15.1. The highest BCUT2D eigenvalue weighted by molar-refractivity contribution is 7.89. The maximum absolute atomic E-state index is 14.1. The fraction of sp³-hybridized carbons (Fsp3) is 0.162. The quantitative estimate of drug-likeness (QED) is 0.199. The maximum atomic E-state index is 14.1. The summed E-state index contributed by atoms with van der Waals surface area (Å²) in [7, 11) is -8.36. The SMILES string of the molecule is O=C(C(Cc1ccc(OS(=O)(=O)c2cccc3cnccc23)cc1)NS(=O)(=O)c1cccc2cnccc12)N1CCN(c2ccccc2)CC1. The zero-order chi connectivity index (χ0) is 34.7. The number of nitrogens with one attached hydrogen (secondary N) is 1. The average Bonchev–Trinajstić information content (AvgIpc) is 3.14. The van der Waals surface area contributed by atoms with Crippen LogP contribution in [0.5, 0.6) is 5.75 Å². The molecule has 0 aliphatic carbocycles. The molecule has 3 heterocycles. The number of carbonyl (C=O) groups excluding carboxylic acids is 1. The molecule has 7 rings (SSSR count). The molecule has 1 atom stereocenters. The molecule has 1 unspecified atom stereocenters. The fourth-order valence-electron chi connectivity index (χ4n) is 6.20. The Bertz CT molecular complexity index is 2370. The van der Waals surface area contributed by atoms with E-state index >= 15 is 0 Å². The van der Waals surface area contributed by atoms with Crippen LogP contribution in [0.2, 0.25) is 0 Å². The molecule has 0 spiro atoms. The lowest BCUT2D eigenvalue weighted by Gasteiger charge is -2.37. The minimum atomic E-state index is -4.19. The Morgan fingerprint density at radius 1 is 0.700 bits per heavy atom. The molecular weight excluding hydrogens is 675 g/mol. The molecule has 1 amide bonds. The van der Waals surface area contributed by atoms with E-state index in [9.17, 15) is 21.6 Å². The highest BCUT2D eigenvalue weighted by Crippen LogP contribution is 2.27. The van der Waals surface area contributed by atoms with Gasteiger partial charge in [-0.05, 0) is 60.5 Å². The van der Waals surface area contributed by atoms with Crippen molar-refractivity contribution in [2.45, 2.75) is 22.3 Å². The minimum absolute atomic E-state index is 0.0122. The minimum Gasteiger partial charge on any atom is -0.379 e. The van der Waals surface area contributed by atoms with E-state index < -0.39 is 26.2 Å². The number of pyridine rings is 2. The molecule has 1 saturated heterocycles. The smallest absolute Gasteiger partial charge is 0.339 e. The molecule has 1 aliphatic heterocycles. The highest BCUT2D eigenvalue weighted by Gasteiger charge is 2.32. The van der Waals surface area contributed by atoms with Crippen LogP contribution in [-0.2, 0) is 31.4 Å². The van der Waals surface area contributed by atoms with Gasteiger partial charge in [0.1, 0.15) is 16.7 Å². The van der Waals surface area contributed by atoms with Crippen molar-refractivity contribution >= 4 is 53.3 Å². The van der Waals surface area contributed by atoms with Gasteiger partial charge in [0.05, 0.1) is 4.90 Å². The van der Waals surface area contributed by atoms with Gasteiger partial charge >= 0.3 is 10.1 Å². The third-order valence-electron chi connectivity index (χ3n) is 8.72. The van der Waals surface area contributed by atoms with Crippen molar-refractivity contribution in [1.29, 1.82) is 0 Å². The van der Waals surface area contributed by atoms with Gasteiger partial charge in [-0.15, -0.1) is 0 Å². The number of carbonyl (C=O) groups is 1. The van der Waals surface area contributed by atoms with Gasteiger partial charge in [-0.25, -0.2) is 8.42 Å². The van der Waals surface area contributed by atoms with Crippen molar-refractivity contribution in [3.63, 3.8) is 0 Å². The first kappa shape index (κ1) is 33.1. The molecule has 4 aromatic carbocycles. The standard InChI is InChI=1S/C37H33N5O6S2/c43-37(42-22-20-41(21-23-42)30-8-2-1-3-9-30)34(40-49(44,45)35-10-4-6-28-25-38-18-16-32(28)35)24-27-12-14-31(15-13-27)48-50(46,47)36-11-5-7-29-26-39-19-17-33(29)36/h1-19,25-26,34,40H,20-24H2. The molecular formula is C37H33N5O6S2. The van der Waals surface area contributed by atoms with E-state index in [0.717, 1.165) is 5.69 Å². The Hall–Kier alpha value is -5.37. The summed E-state index contributed by atoms with van der Waals surface area (Å²) in [6, 6.07) is 28.1. The van der Waals surface area contributed by atoms with E-state index in [0.29, 0.717) is 53.3 Å². The Morgan fingerprint density at radius 2 is 1.30 bits per heavy atom. The normalized spacial score (nSPS) is 14.5. The number of fused-ring (bicyclic) bond motifs is 2. The number of nitrogens with zero attached hydrogens (tertiary/aromatic N) is 4. The second kappa shape index (κ2) is 13.9. The maximum Gasteiger partial charge on any atom is 0.339 e. The Balaban J connectivity index is 1.13. The number of hydrogen-bond acceptors (Lipinski definition) is 9. The van der Waals surface area contributed by atoms with Crippen LogP contribution in [0.3, 0.4) is 0 Å². The van der Waals surface area contributed by atoms with Crippen molar-refractivity contribution < 1.29 is 25.8 Å². The highest BCUT2D eigenvalue weighted by atomic mass is 32.2. The van der Waals surface area contributed by atoms with Crippen LogP contribution in [0.25, 0.3) is 21.5 Å². The molecule has 0 bridgehead atoms. The molecule has 0 saturated carbocycles. The first-order valence-corrected chi connectivity index (χ1v) is 18.9. The summed E-state index contributed by atoms with van der Waals surface area (Å²) in [4.78, 5) is 26.2. The topological polar surface area (TPSA) is 139 Å². The molecule has 6 aromatic rings. The third kappa shape index (κ3) is 7.01. The van der Waals surface area contributed by atoms with Gasteiger partial charge in [-0.3, -0.25) is 14.8 Å². The lowest BCUT2D eigenvalue weighted by atomic mass is 10.0. The number of amides is 1. The van der Waals surface area contributed by atoms with Gasteiger partial charge in [0, 0.05) is 78.2 Å². The monoisotopic (exact) mass is 707 g/mol. The molecule has 1 aliphatic rings. The average molecular weight is 708 g/mol. The number of rotatable bonds is 10. The Morgan fingerprint density at radius 3 is 1.94 bits per heavy atom. The summed E-state index contributed by atoms with van der Waals surface area (Å²) < 4.78 is 62.5. The summed E-state index contributed by atoms with van der Waals surface area (Å²) in [6.07, 6.45) is 6.23. The fourth-order valence-corrected chi connectivity index (χ4v) is 8.77. The van der Waals surface area contributed by atoms with Gasteiger partial charge in [0.2, 0.25) is 15.9 Å². The Labute approximate surface area is 290 Å². The number of piperazine rings is 1. The number of sulfonamides is 1. The van der Waals surface area contributed by atoms with Crippen LogP contribution in [0, 0.1) is 0 Å². The van der Waals surface area contributed by atoms with E-state index in [1.807, 2.05) is 30.3 Å². The van der Waals surface area contributed by atoms with Gasteiger partial charge in [0.25, 0.3) is 0 Å². The van der Waals surface area contributed by atoms with Crippen LogP contribution >= 0.6 is 0 Å². The van der Waals surface area contributed by atoms with Gasteiger partial charge in [0.15, 0.2) is 0 Å². The van der Waals surface area contributed by atoms with E-state index in [2.05, 4.69) is 19.6 Å². The first-order valence-electron chi connectivity index (χ1n) is 16.0.